The first-order valence-electron chi connectivity index (χ1n) is 9.50. The number of nitrogens with one attached hydrogen (secondary N) is 1. The summed E-state index contributed by atoms with van der Waals surface area (Å²) < 4.78 is 0. The molecule has 134 valence electrons. The van der Waals surface area contributed by atoms with E-state index < -0.39 is 0 Å². The molecule has 0 radical (unpaired) electrons. The average Bonchev–Trinajstić information content (AvgIpc) is 3.30. The van der Waals surface area contributed by atoms with Crippen LogP contribution in [-0.4, -0.2) is 47.6 Å². The number of allylic oxidation sites excluding steroid dienone is 2. The molecule has 25 heavy (non-hydrogen) atoms. The number of thiazole rings is 1. The lowest BCUT2D eigenvalue weighted by atomic mass is 9.90. The number of aromatic nitrogens is 1. The molecule has 4 rings (SSSR count). The monoisotopic (exact) mass is 359 g/mol. The van der Waals surface area contributed by atoms with Crippen molar-refractivity contribution in [3.05, 3.63) is 27.4 Å². The molecular weight excluding hydrogens is 334 g/mol. The van der Waals surface area contributed by atoms with Gasteiger partial charge in [0.15, 0.2) is 5.78 Å². The van der Waals surface area contributed by atoms with Gasteiger partial charge in [-0.3, -0.25) is 9.59 Å². The van der Waals surface area contributed by atoms with Gasteiger partial charge in [0.2, 0.25) is 5.78 Å². The van der Waals surface area contributed by atoms with Crippen LogP contribution in [0.15, 0.2) is 11.8 Å². The summed E-state index contributed by atoms with van der Waals surface area (Å²) in [4.78, 5) is 32.7. The first kappa shape index (κ1) is 16.9. The molecule has 0 aromatic carbocycles. The average molecular weight is 359 g/mol. The summed E-state index contributed by atoms with van der Waals surface area (Å²) in [5.74, 6) is 0.240. The highest BCUT2D eigenvalue weighted by Gasteiger charge is 2.32. The number of nitrogens with zero attached hydrogens (tertiary/aromatic N) is 2. The van der Waals surface area contributed by atoms with Crippen molar-refractivity contribution in [1.29, 1.82) is 0 Å². The SMILES string of the molecule is O=C1C(NCCN2CCCC2)=CC(=O)c2sc(C3CCCCC3)nc21. The van der Waals surface area contributed by atoms with Crippen molar-refractivity contribution < 1.29 is 9.59 Å². The zero-order valence-corrected chi connectivity index (χ0v) is 15.4. The third-order valence-corrected chi connectivity index (χ3v) is 6.73. The number of carbonyl (C=O) groups excluding carboxylic acids is 2. The van der Waals surface area contributed by atoms with Crippen molar-refractivity contribution in [3.8, 4) is 0 Å². The Hall–Kier alpha value is -1.53. The smallest absolute Gasteiger partial charge is 0.228 e. The van der Waals surface area contributed by atoms with Crippen molar-refractivity contribution in [2.75, 3.05) is 26.2 Å². The minimum Gasteiger partial charge on any atom is -0.380 e. The number of hydrogen-bond donors (Lipinski definition) is 1. The fourth-order valence-corrected chi connectivity index (χ4v) is 5.20. The van der Waals surface area contributed by atoms with E-state index in [1.54, 1.807) is 0 Å². The number of rotatable bonds is 5. The number of likely N-dealkylation sites (tertiary alicyclic amines) is 1. The second-order valence-corrected chi connectivity index (χ2v) is 8.32. The van der Waals surface area contributed by atoms with Crippen LogP contribution in [0.1, 0.15) is 76.0 Å². The molecule has 0 unspecified atom stereocenters. The van der Waals surface area contributed by atoms with Crippen molar-refractivity contribution >= 4 is 22.9 Å². The van der Waals surface area contributed by atoms with Gasteiger partial charge in [0, 0.05) is 25.1 Å². The summed E-state index contributed by atoms with van der Waals surface area (Å²) in [5, 5.41) is 4.16. The van der Waals surface area contributed by atoms with Gasteiger partial charge in [0.25, 0.3) is 0 Å². The number of ketones is 2. The van der Waals surface area contributed by atoms with Gasteiger partial charge in [-0.05, 0) is 38.8 Å². The summed E-state index contributed by atoms with van der Waals surface area (Å²) in [6.07, 6.45) is 9.96. The second kappa shape index (κ2) is 7.38. The molecule has 3 aliphatic rings. The molecule has 0 spiro atoms. The van der Waals surface area contributed by atoms with E-state index in [-0.39, 0.29) is 11.6 Å². The molecule has 0 bridgehead atoms. The minimum atomic E-state index is -0.116. The Morgan fingerprint density at radius 3 is 2.64 bits per heavy atom. The Kier molecular flexibility index (Phi) is 4.99. The summed E-state index contributed by atoms with van der Waals surface area (Å²) in [6.45, 7) is 3.87. The van der Waals surface area contributed by atoms with Crippen LogP contribution in [0.2, 0.25) is 0 Å². The minimum absolute atomic E-state index is 0.0715. The highest BCUT2D eigenvalue weighted by Crippen LogP contribution is 2.37. The molecule has 2 aliphatic carbocycles. The fraction of sp³-hybridized carbons (Fsp3) is 0.632. The third kappa shape index (κ3) is 3.55. The summed E-state index contributed by atoms with van der Waals surface area (Å²) in [7, 11) is 0. The van der Waals surface area contributed by atoms with Crippen LogP contribution in [0.5, 0.6) is 0 Å². The Morgan fingerprint density at radius 2 is 1.88 bits per heavy atom. The van der Waals surface area contributed by atoms with E-state index in [2.05, 4.69) is 15.2 Å². The molecule has 1 saturated carbocycles. The predicted molar refractivity (Wildman–Crippen MR) is 98.4 cm³/mol. The van der Waals surface area contributed by atoms with E-state index in [0.717, 1.165) is 37.5 Å². The largest absolute Gasteiger partial charge is 0.380 e. The van der Waals surface area contributed by atoms with Crippen molar-refractivity contribution in [2.24, 2.45) is 0 Å². The van der Waals surface area contributed by atoms with Crippen LogP contribution in [0.4, 0.5) is 0 Å². The Labute approximate surface area is 152 Å². The van der Waals surface area contributed by atoms with Gasteiger partial charge in [-0.15, -0.1) is 11.3 Å². The molecular formula is C19H25N3O2S. The van der Waals surface area contributed by atoms with E-state index >= 15 is 0 Å². The van der Waals surface area contributed by atoms with Crippen LogP contribution in [0.3, 0.4) is 0 Å². The van der Waals surface area contributed by atoms with Gasteiger partial charge in [-0.25, -0.2) is 4.98 Å². The second-order valence-electron chi connectivity index (χ2n) is 7.29. The lowest BCUT2D eigenvalue weighted by Gasteiger charge is -2.18. The molecule has 5 nitrogen and oxygen atoms in total. The van der Waals surface area contributed by atoms with Gasteiger partial charge < -0.3 is 10.2 Å². The summed E-state index contributed by atoms with van der Waals surface area (Å²) in [6, 6.07) is 0. The molecule has 1 aromatic rings. The number of hydrogen-bond acceptors (Lipinski definition) is 6. The molecule has 0 amide bonds. The molecule has 2 fully saturated rings. The van der Waals surface area contributed by atoms with Crippen LogP contribution in [-0.2, 0) is 0 Å². The van der Waals surface area contributed by atoms with Gasteiger partial charge in [-0.1, -0.05) is 19.3 Å². The molecule has 1 saturated heterocycles. The lowest BCUT2D eigenvalue weighted by molar-refractivity contribution is 0.0977. The van der Waals surface area contributed by atoms with Crippen LogP contribution >= 0.6 is 11.3 Å². The van der Waals surface area contributed by atoms with Crippen LogP contribution in [0, 0.1) is 0 Å². The number of carbonyl (C=O) groups is 2. The third-order valence-electron chi connectivity index (χ3n) is 5.50. The summed E-state index contributed by atoms with van der Waals surface area (Å²) in [5.41, 5.74) is 0.791. The zero-order valence-electron chi connectivity index (χ0n) is 14.6. The maximum atomic E-state index is 12.7. The van der Waals surface area contributed by atoms with Gasteiger partial charge in [0.05, 0.1) is 10.7 Å². The highest BCUT2D eigenvalue weighted by atomic mass is 32.1. The van der Waals surface area contributed by atoms with Crippen molar-refractivity contribution in [3.63, 3.8) is 0 Å². The molecule has 6 heteroatoms. The van der Waals surface area contributed by atoms with E-state index in [1.807, 2.05) is 0 Å². The van der Waals surface area contributed by atoms with E-state index in [0.29, 0.717) is 28.7 Å². The quantitative estimate of drug-likeness (QED) is 0.875. The first-order chi connectivity index (χ1) is 12.2. The molecule has 0 atom stereocenters. The summed E-state index contributed by atoms with van der Waals surface area (Å²) >= 11 is 1.44. The van der Waals surface area contributed by atoms with Gasteiger partial charge in [0.1, 0.15) is 10.6 Å². The lowest BCUT2D eigenvalue weighted by Crippen LogP contribution is -2.33. The molecule has 1 aliphatic heterocycles. The van der Waals surface area contributed by atoms with Crippen LogP contribution < -0.4 is 5.32 Å². The van der Waals surface area contributed by atoms with Crippen molar-refractivity contribution in [1.82, 2.24) is 15.2 Å². The highest BCUT2D eigenvalue weighted by molar-refractivity contribution is 7.14. The molecule has 1 aromatic heterocycles. The number of Topliss-reactive ketones (excluding diaryl/α,β-unsaturated/α-hetero) is 1. The van der Waals surface area contributed by atoms with Crippen LogP contribution in [0.25, 0.3) is 0 Å². The molecule has 1 N–H and O–H groups in total. The zero-order chi connectivity index (χ0) is 17.2. The standard InChI is InChI=1S/C19H25N3O2S/c23-15-12-14(20-8-11-22-9-4-5-10-22)17(24)16-18(15)25-19(21-16)13-6-2-1-3-7-13/h12-13,20H,1-11H2. The number of fused-ring (bicyclic) bond motifs is 1. The maximum absolute atomic E-state index is 12.7. The van der Waals surface area contributed by atoms with E-state index in [4.69, 9.17) is 0 Å². The fourth-order valence-electron chi connectivity index (χ4n) is 4.06. The Morgan fingerprint density at radius 1 is 1.12 bits per heavy atom. The Bertz CT molecular complexity index is 698. The van der Waals surface area contributed by atoms with E-state index in [1.165, 1.54) is 49.5 Å². The topological polar surface area (TPSA) is 62.3 Å². The maximum Gasteiger partial charge on any atom is 0.228 e. The molecule has 2 heterocycles. The normalized spacial score (nSPS) is 22.2. The predicted octanol–water partition coefficient (Wildman–Crippen LogP) is 3.14. The van der Waals surface area contributed by atoms with E-state index in [9.17, 15) is 9.59 Å². The Balaban J connectivity index is 1.44. The van der Waals surface area contributed by atoms with Gasteiger partial charge >= 0.3 is 0 Å². The van der Waals surface area contributed by atoms with Crippen molar-refractivity contribution in [2.45, 2.75) is 50.9 Å². The van der Waals surface area contributed by atoms with Gasteiger partial charge in [-0.2, -0.15) is 0 Å². The first-order valence-corrected chi connectivity index (χ1v) is 10.3.